The molecule has 0 radical (unpaired) electrons. The Balaban J connectivity index is 1.82. The summed E-state index contributed by atoms with van der Waals surface area (Å²) in [6.07, 6.45) is 0. The number of hydrogen-bond donors (Lipinski definition) is 2. The number of carbonyl (C=O) groups is 1. The van der Waals surface area contributed by atoms with Crippen LogP contribution in [0.5, 0.6) is 5.88 Å². The van der Waals surface area contributed by atoms with E-state index < -0.39 is 11.9 Å². The molecule has 0 saturated heterocycles. The number of nitrogens with one attached hydrogen (secondary N) is 1. The number of aromatic nitrogens is 1. The van der Waals surface area contributed by atoms with Gasteiger partial charge >= 0.3 is 0 Å². The predicted molar refractivity (Wildman–Crippen MR) is 72.7 cm³/mol. The summed E-state index contributed by atoms with van der Waals surface area (Å²) in [5.74, 6) is 0.111. The van der Waals surface area contributed by atoms with Crippen LogP contribution in [0.25, 0.3) is 0 Å². The number of halogens is 1. The normalized spacial score (nSPS) is 12.1. The van der Waals surface area contributed by atoms with Crippen LogP contribution in [0.15, 0.2) is 34.9 Å². The van der Waals surface area contributed by atoms with Gasteiger partial charge in [0.25, 0.3) is 5.88 Å². The zero-order valence-electron chi connectivity index (χ0n) is 11.5. The second-order valence-corrected chi connectivity index (χ2v) is 4.55. The minimum Gasteiger partial charge on any atom is -0.471 e. The molecule has 0 bridgehead atoms. The molecule has 1 unspecified atom stereocenters. The average molecular weight is 293 g/mol. The van der Waals surface area contributed by atoms with Gasteiger partial charge in [-0.25, -0.2) is 4.39 Å². The predicted octanol–water partition coefficient (Wildman–Crippen LogP) is 1.36. The molecular weight excluding hydrogens is 277 g/mol. The van der Waals surface area contributed by atoms with Gasteiger partial charge in [0, 0.05) is 6.07 Å². The first-order chi connectivity index (χ1) is 10.0. The van der Waals surface area contributed by atoms with Crippen LogP contribution in [-0.4, -0.2) is 17.1 Å². The van der Waals surface area contributed by atoms with E-state index in [0.717, 1.165) is 5.56 Å². The maximum absolute atomic E-state index is 12.8. The Morgan fingerprint density at radius 1 is 1.48 bits per heavy atom. The molecule has 2 rings (SSSR count). The second-order valence-electron chi connectivity index (χ2n) is 4.55. The Labute approximate surface area is 121 Å². The number of amides is 1. The summed E-state index contributed by atoms with van der Waals surface area (Å²) in [5.41, 5.74) is 5.95. The number of ether oxygens (including phenoxy) is 1. The molecule has 1 aromatic heterocycles. The Hall–Kier alpha value is -2.41. The van der Waals surface area contributed by atoms with E-state index in [1.807, 2.05) is 0 Å². The molecule has 7 heteroatoms. The number of rotatable bonds is 7. The van der Waals surface area contributed by atoms with E-state index in [9.17, 15) is 9.18 Å². The smallest absolute Gasteiger partial charge is 0.254 e. The molecule has 0 aliphatic rings. The van der Waals surface area contributed by atoms with Gasteiger partial charge in [-0.3, -0.25) is 10.1 Å². The van der Waals surface area contributed by atoms with E-state index in [1.54, 1.807) is 25.1 Å². The van der Waals surface area contributed by atoms with Gasteiger partial charge < -0.3 is 15.0 Å². The average Bonchev–Trinajstić information content (AvgIpc) is 2.92. The third kappa shape index (κ3) is 4.57. The zero-order chi connectivity index (χ0) is 15.2. The van der Waals surface area contributed by atoms with Gasteiger partial charge in [-0.15, -0.1) is 0 Å². The highest BCUT2D eigenvalue weighted by Crippen LogP contribution is 2.13. The molecule has 1 atom stereocenters. The van der Waals surface area contributed by atoms with Gasteiger partial charge in [-0.2, -0.15) is 0 Å². The van der Waals surface area contributed by atoms with Crippen molar-refractivity contribution in [1.82, 2.24) is 10.5 Å². The first kappa shape index (κ1) is 15.0. The van der Waals surface area contributed by atoms with Gasteiger partial charge in [-0.05, 0) is 29.8 Å². The summed E-state index contributed by atoms with van der Waals surface area (Å²) in [4.78, 5) is 10.9. The Morgan fingerprint density at radius 2 is 2.19 bits per heavy atom. The minimum atomic E-state index is -0.460. The molecule has 0 spiro atoms. The highest BCUT2D eigenvalue weighted by molar-refractivity contribution is 5.79. The van der Waals surface area contributed by atoms with Crippen molar-refractivity contribution >= 4 is 5.91 Å². The van der Waals surface area contributed by atoms with Crippen molar-refractivity contribution in [3.8, 4) is 5.88 Å². The summed E-state index contributed by atoms with van der Waals surface area (Å²) < 4.78 is 23.2. The van der Waals surface area contributed by atoms with E-state index in [4.69, 9.17) is 15.0 Å². The van der Waals surface area contributed by atoms with Crippen LogP contribution in [0.1, 0.15) is 18.2 Å². The van der Waals surface area contributed by atoms with Crippen molar-refractivity contribution in [2.45, 2.75) is 26.1 Å². The molecule has 0 aliphatic heterocycles. The lowest BCUT2D eigenvalue weighted by Gasteiger charge is -2.06. The third-order valence-corrected chi connectivity index (χ3v) is 2.85. The van der Waals surface area contributed by atoms with Crippen LogP contribution in [-0.2, 0) is 17.9 Å². The van der Waals surface area contributed by atoms with Crippen LogP contribution in [0.2, 0.25) is 0 Å². The van der Waals surface area contributed by atoms with E-state index in [-0.39, 0.29) is 12.4 Å². The van der Waals surface area contributed by atoms with Crippen LogP contribution < -0.4 is 15.8 Å². The molecule has 6 nitrogen and oxygen atoms in total. The Morgan fingerprint density at radius 3 is 2.86 bits per heavy atom. The quantitative estimate of drug-likeness (QED) is 0.804. The largest absolute Gasteiger partial charge is 0.471 e. The standard InChI is InChI=1S/C14H16FN3O3/c1-9(14(16)19)17-7-12-6-13(18-21-12)20-8-10-2-4-11(15)5-3-10/h2-6,9,17H,7-8H2,1H3,(H2,16,19). The van der Waals surface area contributed by atoms with Crippen molar-refractivity contribution in [3.05, 3.63) is 47.5 Å². The molecule has 1 heterocycles. The lowest BCUT2D eigenvalue weighted by Crippen LogP contribution is -2.38. The lowest BCUT2D eigenvalue weighted by atomic mass is 10.2. The third-order valence-electron chi connectivity index (χ3n) is 2.85. The molecule has 1 amide bonds. The van der Waals surface area contributed by atoms with Crippen molar-refractivity contribution in [1.29, 1.82) is 0 Å². The molecule has 0 saturated carbocycles. The molecule has 112 valence electrons. The molecule has 2 aromatic rings. The van der Waals surface area contributed by atoms with E-state index in [0.29, 0.717) is 18.2 Å². The van der Waals surface area contributed by atoms with Crippen molar-refractivity contribution in [2.75, 3.05) is 0 Å². The van der Waals surface area contributed by atoms with Crippen LogP contribution in [0, 0.1) is 5.82 Å². The van der Waals surface area contributed by atoms with Crippen molar-refractivity contribution in [2.24, 2.45) is 5.73 Å². The summed E-state index contributed by atoms with van der Waals surface area (Å²) in [7, 11) is 0. The molecular formula is C14H16FN3O3. The van der Waals surface area contributed by atoms with Crippen molar-refractivity contribution in [3.63, 3.8) is 0 Å². The Bertz CT molecular complexity index is 598. The fraction of sp³-hybridized carbons (Fsp3) is 0.286. The van der Waals surface area contributed by atoms with Crippen LogP contribution in [0.3, 0.4) is 0 Å². The van der Waals surface area contributed by atoms with E-state index >= 15 is 0 Å². The van der Waals surface area contributed by atoms with Crippen LogP contribution >= 0.6 is 0 Å². The second kappa shape index (κ2) is 6.85. The Kier molecular flexibility index (Phi) is 4.89. The summed E-state index contributed by atoms with van der Waals surface area (Å²) in [6, 6.07) is 7.14. The van der Waals surface area contributed by atoms with Gasteiger partial charge in [0.05, 0.1) is 12.6 Å². The zero-order valence-corrected chi connectivity index (χ0v) is 11.5. The fourth-order valence-electron chi connectivity index (χ4n) is 1.54. The summed E-state index contributed by atoms with van der Waals surface area (Å²) >= 11 is 0. The van der Waals surface area contributed by atoms with Gasteiger partial charge in [0.15, 0.2) is 5.76 Å². The maximum Gasteiger partial charge on any atom is 0.254 e. The van der Waals surface area contributed by atoms with Crippen LogP contribution in [0.4, 0.5) is 4.39 Å². The monoisotopic (exact) mass is 293 g/mol. The fourth-order valence-corrected chi connectivity index (χ4v) is 1.54. The molecule has 1 aromatic carbocycles. The van der Waals surface area contributed by atoms with Gasteiger partial charge in [0.1, 0.15) is 12.4 Å². The number of carbonyl (C=O) groups excluding carboxylic acids is 1. The number of primary amides is 1. The highest BCUT2D eigenvalue weighted by Gasteiger charge is 2.10. The number of nitrogens with zero attached hydrogens (tertiary/aromatic N) is 1. The molecule has 3 N–H and O–H groups in total. The topological polar surface area (TPSA) is 90.4 Å². The summed E-state index contributed by atoms with van der Waals surface area (Å²) in [5, 5.41) is 6.63. The molecule has 21 heavy (non-hydrogen) atoms. The number of nitrogens with two attached hydrogens (primary N) is 1. The number of benzene rings is 1. The first-order valence-corrected chi connectivity index (χ1v) is 6.40. The van der Waals surface area contributed by atoms with E-state index in [2.05, 4.69) is 10.5 Å². The lowest BCUT2D eigenvalue weighted by molar-refractivity contribution is -0.119. The van der Waals surface area contributed by atoms with E-state index in [1.165, 1.54) is 12.1 Å². The van der Waals surface area contributed by atoms with Gasteiger partial charge in [0.2, 0.25) is 5.91 Å². The summed E-state index contributed by atoms with van der Waals surface area (Å²) in [6.45, 7) is 2.24. The molecule has 0 fully saturated rings. The maximum atomic E-state index is 12.8. The first-order valence-electron chi connectivity index (χ1n) is 6.40. The molecule has 0 aliphatic carbocycles. The number of hydrogen-bond acceptors (Lipinski definition) is 5. The van der Waals surface area contributed by atoms with Crippen molar-refractivity contribution < 1.29 is 18.4 Å². The minimum absolute atomic E-state index is 0.261. The SMILES string of the molecule is CC(NCc1cc(OCc2ccc(F)cc2)no1)C(N)=O. The van der Waals surface area contributed by atoms with Gasteiger partial charge in [-0.1, -0.05) is 12.1 Å². The highest BCUT2D eigenvalue weighted by atomic mass is 19.1.